The Morgan fingerprint density at radius 3 is 2.40 bits per heavy atom. The van der Waals surface area contributed by atoms with E-state index >= 15 is 0 Å². The van der Waals surface area contributed by atoms with Crippen molar-refractivity contribution in [2.75, 3.05) is 19.5 Å². The summed E-state index contributed by atoms with van der Waals surface area (Å²) in [7, 11) is 2.35. The van der Waals surface area contributed by atoms with Gasteiger partial charge in [0.05, 0.1) is 41.9 Å². The molecule has 1 aromatic heterocycles. The van der Waals surface area contributed by atoms with Gasteiger partial charge in [-0.25, -0.2) is 14.4 Å². The molecule has 0 saturated heterocycles. The van der Waals surface area contributed by atoms with E-state index in [2.05, 4.69) is 19.8 Å². The molecule has 0 aliphatic heterocycles. The fourth-order valence-electron chi connectivity index (χ4n) is 2.86. The lowest BCUT2D eigenvalue weighted by Gasteiger charge is -2.12. The van der Waals surface area contributed by atoms with Crippen LogP contribution in [0.3, 0.4) is 0 Å². The van der Waals surface area contributed by atoms with Crippen LogP contribution in [0.2, 0.25) is 0 Å². The van der Waals surface area contributed by atoms with Crippen LogP contribution in [-0.4, -0.2) is 41.6 Å². The van der Waals surface area contributed by atoms with Crippen molar-refractivity contribution in [1.82, 2.24) is 9.55 Å². The van der Waals surface area contributed by atoms with Crippen molar-refractivity contribution < 1.29 is 23.9 Å². The number of carbonyl (C=O) groups excluding carboxylic acids is 3. The first-order valence-corrected chi connectivity index (χ1v) is 8.68. The second-order valence-corrected chi connectivity index (χ2v) is 6.16. The zero-order chi connectivity index (χ0) is 21.8. The van der Waals surface area contributed by atoms with Gasteiger partial charge in [0.15, 0.2) is 0 Å². The summed E-state index contributed by atoms with van der Waals surface area (Å²) in [5, 5.41) is 2.68. The minimum absolute atomic E-state index is 0.0155. The molecule has 0 saturated carbocycles. The van der Waals surface area contributed by atoms with Crippen LogP contribution in [-0.2, 0) is 20.8 Å². The van der Waals surface area contributed by atoms with Crippen LogP contribution in [0, 0.1) is 0 Å². The average molecular weight is 411 g/mol. The Balaban J connectivity index is 1.95. The molecule has 0 fully saturated rings. The van der Waals surface area contributed by atoms with Crippen molar-refractivity contribution in [3.05, 3.63) is 74.4 Å². The van der Waals surface area contributed by atoms with E-state index in [1.807, 2.05) is 0 Å². The van der Waals surface area contributed by atoms with Crippen molar-refractivity contribution in [2.45, 2.75) is 6.54 Å². The van der Waals surface area contributed by atoms with Gasteiger partial charge in [-0.3, -0.25) is 14.2 Å². The summed E-state index contributed by atoms with van der Waals surface area (Å²) in [4.78, 5) is 63.6. The van der Waals surface area contributed by atoms with Crippen LogP contribution >= 0.6 is 0 Å². The quantitative estimate of drug-likeness (QED) is 0.595. The van der Waals surface area contributed by atoms with Gasteiger partial charge < -0.3 is 19.8 Å². The lowest BCUT2D eigenvalue weighted by atomic mass is 10.1. The van der Waals surface area contributed by atoms with Gasteiger partial charge in [-0.15, -0.1) is 0 Å². The number of benzene rings is 2. The van der Waals surface area contributed by atoms with Gasteiger partial charge in [0.25, 0.3) is 5.56 Å². The van der Waals surface area contributed by atoms with E-state index in [1.54, 1.807) is 18.2 Å². The Bertz CT molecular complexity index is 1270. The van der Waals surface area contributed by atoms with Crippen LogP contribution in [0.1, 0.15) is 20.7 Å². The molecule has 0 bridgehead atoms. The molecule has 0 radical (unpaired) electrons. The fraction of sp³-hybridized carbons (Fsp3) is 0.150. The number of aromatic nitrogens is 2. The second kappa shape index (κ2) is 8.43. The molecule has 10 heteroatoms. The molecule has 1 heterocycles. The molecule has 2 aromatic carbocycles. The van der Waals surface area contributed by atoms with Crippen molar-refractivity contribution in [1.29, 1.82) is 0 Å². The lowest BCUT2D eigenvalue weighted by Crippen LogP contribution is -2.38. The third-order valence-electron chi connectivity index (χ3n) is 4.31. The van der Waals surface area contributed by atoms with Crippen LogP contribution in [0.5, 0.6) is 0 Å². The minimum Gasteiger partial charge on any atom is -0.465 e. The summed E-state index contributed by atoms with van der Waals surface area (Å²) in [5.41, 5.74) is -1.01. The third-order valence-corrected chi connectivity index (χ3v) is 4.31. The normalized spacial score (nSPS) is 10.5. The summed E-state index contributed by atoms with van der Waals surface area (Å²) < 4.78 is 10.0. The summed E-state index contributed by atoms with van der Waals surface area (Å²) in [6.07, 6.45) is 0. The number of amides is 1. The van der Waals surface area contributed by atoms with E-state index in [0.29, 0.717) is 5.52 Å². The molecule has 154 valence electrons. The Labute approximate surface area is 169 Å². The van der Waals surface area contributed by atoms with Crippen LogP contribution < -0.4 is 16.6 Å². The average Bonchev–Trinajstić information content (AvgIpc) is 2.75. The standard InChI is InChI=1S/C20H17N3O7/c1-29-18(26)11-7-8-13(19(27)30-2)15(9-11)21-16(24)10-23-17(25)12-5-3-4-6-14(12)22-20(23)28/h3-9H,10H2,1-2H3,(H,21,24)(H,22,28). The van der Waals surface area contributed by atoms with E-state index in [0.717, 1.165) is 11.7 Å². The number of hydrogen-bond donors (Lipinski definition) is 2. The van der Waals surface area contributed by atoms with E-state index in [4.69, 9.17) is 0 Å². The first kappa shape index (κ1) is 20.5. The van der Waals surface area contributed by atoms with E-state index in [1.165, 1.54) is 31.4 Å². The maximum absolute atomic E-state index is 12.6. The van der Waals surface area contributed by atoms with Gasteiger partial charge in [0.1, 0.15) is 6.54 Å². The zero-order valence-corrected chi connectivity index (χ0v) is 16.1. The fourth-order valence-corrected chi connectivity index (χ4v) is 2.86. The number of para-hydroxylation sites is 1. The highest BCUT2D eigenvalue weighted by Crippen LogP contribution is 2.20. The number of esters is 2. The molecule has 2 N–H and O–H groups in total. The number of nitrogens with one attached hydrogen (secondary N) is 2. The predicted octanol–water partition coefficient (Wildman–Crippen LogP) is 0.902. The minimum atomic E-state index is -0.759. The van der Waals surface area contributed by atoms with E-state index < -0.39 is 35.6 Å². The number of H-pyrrole nitrogens is 1. The Morgan fingerprint density at radius 1 is 1.00 bits per heavy atom. The van der Waals surface area contributed by atoms with Crippen LogP contribution in [0.25, 0.3) is 10.9 Å². The molecule has 1 amide bonds. The van der Waals surface area contributed by atoms with Crippen molar-refractivity contribution >= 4 is 34.4 Å². The number of hydrogen-bond acceptors (Lipinski definition) is 7. The number of carbonyl (C=O) groups is 3. The molecule has 0 spiro atoms. The molecule has 0 unspecified atom stereocenters. The molecule has 0 aliphatic rings. The number of ether oxygens (including phenoxy) is 2. The van der Waals surface area contributed by atoms with Gasteiger partial charge >= 0.3 is 17.6 Å². The van der Waals surface area contributed by atoms with Crippen molar-refractivity contribution in [3.8, 4) is 0 Å². The third kappa shape index (κ3) is 3.97. The Kier molecular flexibility index (Phi) is 5.77. The molecule has 10 nitrogen and oxygen atoms in total. The molecular formula is C20H17N3O7. The Morgan fingerprint density at radius 2 is 1.70 bits per heavy atom. The maximum Gasteiger partial charge on any atom is 0.339 e. The van der Waals surface area contributed by atoms with Gasteiger partial charge in [-0.2, -0.15) is 0 Å². The van der Waals surface area contributed by atoms with Gasteiger partial charge in [-0.05, 0) is 30.3 Å². The van der Waals surface area contributed by atoms with E-state index in [9.17, 15) is 24.0 Å². The van der Waals surface area contributed by atoms with Crippen LogP contribution in [0.15, 0.2) is 52.1 Å². The van der Waals surface area contributed by atoms with Crippen LogP contribution in [0.4, 0.5) is 5.69 Å². The molecule has 3 rings (SSSR count). The topological polar surface area (TPSA) is 137 Å². The Hall–Kier alpha value is -4.21. The largest absolute Gasteiger partial charge is 0.465 e. The highest BCUT2D eigenvalue weighted by molar-refractivity contribution is 6.03. The monoisotopic (exact) mass is 411 g/mol. The summed E-state index contributed by atoms with van der Waals surface area (Å²) >= 11 is 0. The lowest BCUT2D eigenvalue weighted by molar-refractivity contribution is -0.116. The van der Waals surface area contributed by atoms with E-state index in [-0.39, 0.29) is 22.2 Å². The number of anilines is 1. The van der Waals surface area contributed by atoms with Crippen molar-refractivity contribution in [3.63, 3.8) is 0 Å². The number of methoxy groups -OCH3 is 2. The molecular weight excluding hydrogens is 394 g/mol. The predicted molar refractivity (Wildman–Crippen MR) is 107 cm³/mol. The molecule has 0 atom stereocenters. The summed E-state index contributed by atoms with van der Waals surface area (Å²) in [6, 6.07) is 10.3. The highest BCUT2D eigenvalue weighted by Gasteiger charge is 2.18. The number of aromatic amines is 1. The number of rotatable bonds is 5. The summed E-state index contributed by atoms with van der Waals surface area (Å²) in [5.74, 6) is -2.18. The molecule has 30 heavy (non-hydrogen) atoms. The smallest absolute Gasteiger partial charge is 0.339 e. The number of fused-ring (bicyclic) bond motifs is 1. The molecule has 0 aliphatic carbocycles. The SMILES string of the molecule is COC(=O)c1ccc(C(=O)OC)c(NC(=O)Cn2c(=O)[nH]c3ccccc3c2=O)c1. The maximum atomic E-state index is 12.6. The summed E-state index contributed by atoms with van der Waals surface area (Å²) in [6.45, 7) is -0.609. The second-order valence-electron chi connectivity index (χ2n) is 6.16. The first-order chi connectivity index (χ1) is 14.3. The molecule has 3 aromatic rings. The zero-order valence-electron chi connectivity index (χ0n) is 16.1. The van der Waals surface area contributed by atoms with Crippen molar-refractivity contribution in [2.24, 2.45) is 0 Å². The van der Waals surface area contributed by atoms with Gasteiger partial charge in [-0.1, -0.05) is 12.1 Å². The number of nitrogens with zero attached hydrogens (tertiary/aromatic N) is 1. The first-order valence-electron chi connectivity index (χ1n) is 8.68. The van der Waals surface area contributed by atoms with Gasteiger partial charge in [0, 0.05) is 0 Å². The highest BCUT2D eigenvalue weighted by atomic mass is 16.5. The van der Waals surface area contributed by atoms with Gasteiger partial charge in [0.2, 0.25) is 5.91 Å².